The van der Waals surface area contributed by atoms with Crippen molar-refractivity contribution in [3.63, 3.8) is 0 Å². The van der Waals surface area contributed by atoms with Gasteiger partial charge in [0.15, 0.2) is 0 Å². The van der Waals surface area contributed by atoms with Gasteiger partial charge in [-0.15, -0.1) is 0 Å². The smallest absolute Gasteiger partial charge is 0.331 e. The number of hydrogen-bond donors (Lipinski definition) is 2. The van der Waals surface area contributed by atoms with Gasteiger partial charge in [0.2, 0.25) is 0 Å². The second-order valence-electron chi connectivity index (χ2n) is 12.2. The number of benzene rings is 1. The Kier molecular flexibility index (Phi) is 7.08. The lowest BCUT2D eigenvalue weighted by Gasteiger charge is -2.54. The Balaban J connectivity index is 1.72. The Morgan fingerprint density at radius 2 is 2.06 bits per heavy atom. The maximum atomic E-state index is 13.6. The van der Waals surface area contributed by atoms with E-state index in [1.165, 1.54) is 0 Å². The van der Waals surface area contributed by atoms with Crippen molar-refractivity contribution >= 4 is 23.6 Å². The van der Waals surface area contributed by atoms with Gasteiger partial charge in [-0.3, -0.25) is 4.90 Å². The van der Waals surface area contributed by atoms with E-state index in [4.69, 9.17) is 16.3 Å². The van der Waals surface area contributed by atoms with Crippen LogP contribution in [0.4, 0.5) is 4.79 Å². The van der Waals surface area contributed by atoms with Crippen molar-refractivity contribution in [3.05, 3.63) is 57.3 Å². The first kappa shape index (κ1) is 26.7. The molecule has 0 saturated heterocycles. The third kappa shape index (κ3) is 4.70. The first-order valence-electron chi connectivity index (χ1n) is 12.8. The predicted molar refractivity (Wildman–Crippen MR) is 142 cm³/mol. The van der Waals surface area contributed by atoms with Gasteiger partial charge in [0, 0.05) is 36.9 Å². The molecule has 3 aliphatic rings. The Morgan fingerprint density at radius 1 is 1.33 bits per heavy atom. The monoisotopic (exact) mass is 514 g/mol. The van der Waals surface area contributed by atoms with E-state index >= 15 is 0 Å². The zero-order chi connectivity index (χ0) is 26.5. The van der Waals surface area contributed by atoms with Crippen molar-refractivity contribution in [2.24, 2.45) is 11.3 Å². The number of fused-ring (bicyclic) bond motifs is 1. The summed E-state index contributed by atoms with van der Waals surface area (Å²) in [6.07, 6.45) is 6.72. The number of methoxy groups -OCH3 is 1. The fraction of sp³-hybridized carbons (Fsp3) is 0.586. The summed E-state index contributed by atoms with van der Waals surface area (Å²) < 4.78 is 5.47. The number of rotatable bonds is 7. The normalized spacial score (nSPS) is 28.3. The SMILES string of the molecule is COCC1CC[C@]2(c3ccc(CCC(C)(C)C)c(Cl)c3)NC(=O)N(C3(C)CC(C(=O)O)=C3C)C=C2C1. The zero-order valence-electron chi connectivity index (χ0n) is 22.3. The van der Waals surface area contributed by atoms with Crippen LogP contribution in [0.2, 0.25) is 5.02 Å². The third-order valence-corrected chi connectivity index (χ3v) is 8.82. The summed E-state index contributed by atoms with van der Waals surface area (Å²) in [7, 11) is 1.72. The highest BCUT2D eigenvalue weighted by Crippen LogP contribution is 2.50. The molecule has 1 aliphatic heterocycles. The summed E-state index contributed by atoms with van der Waals surface area (Å²) in [5, 5.41) is 13.6. The molecule has 1 aromatic carbocycles. The molecular weight excluding hydrogens is 476 g/mol. The molecule has 36 heavy (non-hydrogen) atoms. The molecule has 2 aliphatic carbocycles. The van der Waals surface area contributed by atoms with E-state index in [1.807, 2.05) is 26.1 Å². The Hall–Kier alpha value is -2.31. The van der Waals surface area contributed by atoms with Gasteiger partial charge in [-0.25, -0.2) is 9.59 Å². The Labute approximate surface area is 219 Å². The number of ether oxygens (including phenoxy) is 1. The van der Waals surface area contributed by atoms with Crippen LogP contribution < -0.4 is 5.32 Å². The van der Waals surface area contributed by atoms with Crippen LogP contribution in [0.1, 0.15) is 77.8 Å². The molecule has 2 amide bonds. The number of carbonyl (C=O) groups excluding carboxylic acids is 1. The average Bonchev–Trinajstić information content (AvgIpc) is 2.80. The van der Waals surface area contributed by atoms with Crippen LogP contribution >= 0.6 is 11.6 Å². The van der Waals surface area contributed by atoms with Crippen LogP contribution in [0.25, 0.3) is 0 Å². The molecule has 196 valence electrons. The number of nitrogens with one attached hydrogen (secondary N) is 1. The minimum absolute atomic E-state index is 0.205. The fourth-order valence-corrected chi connectivity index (χ4v) is 6.21. The van der Waals surface area contributed by atoms with Gasteiger partial charge in [0.05, 0.1) is 11.1 Å². The molecule has 1 fully saturated rings. The molecule has 0 radical (unpaired) electrons. The Morgan fingerprint density at radius 3 is 2.64 bits per heavy atom. The highest BCUT2D eigenvalue weighted by molar-refractivity contribution is 6.31. The fourth-order valence-electron chi connectivity index (χ4n) is 5.93. The highest BCUT2D eigenvalue weighted by atomic mass is 35.5. The third-order valence-electron chi connectivity index (χ3n) is 8.47. The summed E-state index contributed by atoms with van der Waals surface area (Å²) >= 11 is 6.79. The summed E-state index contributed by atoms with van der Waals surface area (Å²) in [6.45, 7) is 11.1. The first-order chi connectivity index (χ1) is 16.8. The molecule has 4 rings (SSSR count). The molecule has 1 saturated carbocycles. The second-order valence-corrected chi connectivity index (χ2v) is 12.6. The number of nitrogens with zero attached hydrogens (tertiary/aromatic N) is 1. The molecule has 6 nitrogen and oxygen atoms in total. The van der Waals surface area contributed by atoms with E-state index in [-0.39, 0.29) is 11.4 Å². The number of aryl methyl sites for hydroxylation is 1. The quantitative estimate of drug-likeness (QED) is 0.439. The van der Waals surface area contributed by atoms with Crippen molar-refractivity contribution in [2.45, 2.75) is 84.2 Å². The van der Waals surface area contributed by atoms with E-state index < -0.39 is 17.0 Å². The number of carboxylic acid groups (broad SMARTS) is 1. The minimum atomic E-state index is -0.914. The van der Waals surface area contributed by atoms with Crippen molar-refractivity contribution in [3.8, 4) is 0 Å². The van der Waals surface area contributed by atoms with Crippen LogP contribution in [0.5, 0.6) is 0 Å². The van der Waals surface area contributed by atoms with Crippen LogP contribution in [0.3, 0.4) is 0 Å². The van der Waals surface area contributed by atoms with Gasteiger partial charge in [-0.2, -0.15) is 0 Å². The van der Waals surface area contributed by atoms with Gasteiger partial charge < -0.3 is 15.2 Å². The van der Waals surface area contributed by atoms with E-state index in [0.717, 1.165) is 59.4 Å². The largest absolute Gasteiger partial charge is 0.478 e. The molecule has 0 aromatic heterocycles. The number of hydrogen-bond acceptors (Lipinski definition) is 3. The number of amides is 2. The van der Waals surface area contributed by atoms with Crippen LogP contribution in [-0.4, -0.2) is 41.3 Å². The maximum Gasteiger partial charge on any atom is 0.331 e. The number of carbonyl (C=O) groups is 2. The van der Waals surface area contributed by atoms with E-state index in [9.17, 15) is 14.7 Å². The van der Waals surface area contributed by atoms with Crippen molar-refractivity contribution < 1.29 is 19.4 Å². The van der Waals surface area contributed by atoms with E-state index in [2.05, 4.69) is 38.2 Å². The van der Waals surface area contributed by atoms with E-state index in [1.54, 1.807) is 12.0 Å². The molecule has 0 spiro atoms. The summed E-state index contributed by atoms with van der Waals surface area (Å²) in [5.74, 6) is -0.559. The lowest BCUT2D eigenvalue weighted by molar-refractivity contribution is -0.133. The van der Waals surface area contributed by atoms with Crippen LogP contribution in [-0.2, 0) is 21.5 Å². The first-order valence-corrected chi connectivity index (χ1v) is 13.2. The molecule has 1 aromatic rings. The summed E-state index contributed by atoms with van der Waals surface area (Å²) in [4.78, 5) is 26.9. The molecule has 2 N–H and O–H groups in total. The molecule has 7 heteroatoms. The lowest BCUT2D eigenvalue weighted by atomic mass is 9.67. The molecular formula is C29H39ClN2O4. The topological polar surface area (TPSA) is 78.9 Å². The predicted octanol–water partition coefficient (Wildman–Crippen LogP) is 6.43. The second kappa shape index (κ2) is 9.53. The van der Waals surface area contributed by atoms with Gasteiger partial charge in [-0.05, 0) is 85.6 Å². The van der Waals surface area contributed by atoms with Crippen molar-refractivity contribution in [1.82, 2.24) is 10.2 Å². The Bertz CT molecular complexity index is 1130. The molecule has 3 atom stereocenters. The summed E-state index contributed by atoms with van der Waals surface area (Å²) in [6, 6.07) is 6.04. The van der Waals surface area contributed by atoms with Crippen molar-refractivity contribution in [2.75, 3.05) is 13.7 Å². The van der Waals surface area contributed by atoms with Gasteiger partial charge in [0.25, 0.3) is 0 Å². The average molecular weight is 515 g/mol. The van der Waals surface area contributed by atoms with Gasteiger partial charge in [-0.1, -0.05) is 44.5 Å². The number of halogens is 1. The van der Waals surface area contributed by atoms with Crippen LogP contribution in [0.15, 0.2) is 41.1 Å². The number of aliphatic carboxylic acids is 1. The van der Waals surface area contributed by atoms with E-state index in [0.29, 0.717) is 24.5 Å². The lowest BCUT2D eigenvalue weighted by Crippen LogP contribution is -2.64. The number of carboxylic acids is 1. The number of urea groups is 1. The van der Waals surface area contributed by atoms with Crippen molar-refractivity contribution in [1.29, 1.82) is 0 Å². The standard InChI is InChI=1S/C29H39ClN2O4/c1-18-23(25(33)34)15-28(18,5)32-16-22-13-19(17-36-6)9-12-29(22,31-26(32)35)21-8-7-20(24(30)14-21)10-11-27(2,3)4/h7-8,14,16,19H,9-13,15,17H2,1-6H3,(H,31,35)(H,33,34)/t19?,28?,29-/m1/s1. The zero-order valence-corrected chi connectivity index (χ0v) is 23.1. The highest BCUT2D eigenvalue weighted by Gasteiger charge is 2.53. The maximum absolute atomic E-state index is 13.6. The molecule has 2 unspecified atom stereocenters. The van der Waals surface area contributed by atoms with Gasteiger partial charge in [0.1, 0.15) is 0 Å². The molecule has 1 heterocycles. The minimum Gasteiger partial charge on any atom is -0.478 e. The van der Waals surface area contributed by atoms with Gasteiger partial charge >= 0.3 is 12.0 Å². The van der Waals surface area contributed by atoms with Crippen LogP contribution in [0, 0.1) is 11.3 Å². The molecule has 0 bridgehead atoms. The summed E-state index contributed by atoms with van der Waals surface area (Å²) in [5.41, 5.74) is 3.30.